The standard InChI is InChI=1S/C18H25NO.C4H4O4/c20-18(14-19-12-4-1-5-13-19)17-10-8-16(9-11-17)15-6-2-3-7-15;5-3(6)1-2-4(7)8/h8-11,15H,1-7,12-14H2;1-2H,(H,5,6)(H,7,8)/b;2-1-. The summed E-state index contributed by atoms with van der Waals surface area (Å²) in [6, 6.07) is 8.49. The van der Waals surface area contributed by atoms with Crippen LogP contribution in [0.4, 0.5) is 0 Å². The Bertz CT molecular complexity index is 667. The Labute approximate surface area is 165 Å². The van der Waals surface area contributed by atoms with Gasteiger partial charge in [0.1, 0.15) is 6.54 Å². The molecule has 0 spiro atoms. The smallest absolute Gasteiger partial charge is 0.328 e. The number of carboxylic acid groups (broad SMARTS) is 2. The van der Waals surface area contributed by atoms with Gasteiger partial charge in [-0.2, -0.15) is 0 Å². The van der Waals surface area contributed by atoms with Gasteiger partial charge in [0.2, 0.25) is 5.78 Å². The minimum atomic E-state index is -1.51. The van der Waals surface area contributed by atoms with Crippen molar-refractivity contribution in [3.63, 3.8) is 0 Å². The molecular weight excluding hydrogens is 358 g/mol. The van der Waals surface area contributed by atoms with Gasteiger partial charge < -0.3 is 19.9 Å². The van der Waals surface area contributed by atoms with E-state index in [4.69, 9.17) is 5.11 Å². The number of piperidine rings is 1. The fourth-order valence-electron chi connectivity index (χ4n) is 3.90. The van der Waals surface area contributed by atoms with E-state index in [-0.39, 0.29) is 0 Å². The van der Waals surface area contributed by atoms with Crippen LogP contribution in [0, 0.1) is 0 Å². The van der Waals surface area contributed by atoms with Gasteiger partial charge in [-0.3, -0.25) is 4.79 Å². The number of aliphatic carboxylic acids is 2. The second-order valence-corrected chi connectivity index (χ2v) is 7.50. The molecule has 1 aromatic rings. The number of nitrogens with one attached hydrogen (secondary N) is 1. The average molecular weight is 387 g/mol. The summed E-state index contributed by atoms with van der Waals surface area (Å²) in [5, 5.41) is 17.2. The molecule has 1 aliphatic heterocycles. The second-order valence-electron chi connectivity index (χ2n) is 7.50. The lowest BCUT2D eigenvalue weighted by atomic mass is 9.96. The number of carboxylic acids is 2. The number of Topliss-reactive ketones (excluding diaryl/α,β-unsaturated/α-hetero) is 1. The molecule has 0 bridgehead atoms. The minimum absolute atomic E-state index is 0.319. The highest BCUT2D eigenvalue weighted by Gasteiger charge is 2.20. The van der Waals surface area contributed by atoms with Crippen LogP contribution < -0.4 is 10.0 Å². The third-order valence-electron chi connectivity index (χ3n) is 5.39. The van der Waals surface area contributed by atoms with E-state index in [1.165, 1.54) is 68.5 Å². The lowest BCUT2D eigenvalue weighted by Gasteiger charge is -2.22. The molecule has 1 aromatic carbocycles. The van der Waals surface area contributed by atoms with Gasteiger partial charge in [-0.05, 0) is 49.7 Å². The van der Waals surface area contributed by atoms with Crippen LogP contribution in [0.25, 0.3) is 0 Å². The largest absolute Gasteiger partial charge is 0.545 e. The van der Waals surface area contributed by atoms with Crippen molar-refractivity contribution >= 4 is 17.7 Å². The van der Waals surface area contributed by atoms with Crippen LogP contribution in [0.2, 0.25) is 0 Å². The van der Waals surface area contributed by atoms with E-state index in [1.807, 2.05) is 0 Å². The summed E-state index contributed by atoms with van der Waals surface area (Å²) in [7, 11) is 0. The van der Waals surface area contributed by atoms with Gasteiger partial charge >= 0.3 is 5.97 Å². The lowest BCUT2D eigenvalue weighted by Crippen LogP contribution is -3.13. The number of likely N-dealkylation sites (tertiary alicyclic amines) is 1. The number of benzene rings is 1. The second kappa shape index (κ2) is 11.4. The molecule has 2 aliphatic rings. The maximum absolute atomic E-state index is 12.3. The molecule has 0 atom stereocenters. The number of rotatable bonds is 6. The van der Waals surface area contributed by atoms with Gasteiger partial charge in [0.05, 0.1) is 19.1 Å². The number of hydrogen-bond donors (Lipinski definition) is 2. The van der Waals surface area contributed by atoms with E-state index in [1.54, 1.807) is 0 Å². The van der Waals surface area contributed by atoms with Crippen LogP contribution in [0.15, 0.2) is 36.4 Å². The van der Waals surface area contributed by atoms with Crippen molar-refractivity contribution in [1.29, 1.82) is 0 Å². The Morgan fingerprint density at radius 2 is 1.57 bits per heavy atom. The quantitative estimate of drug-likeness (QED) is 0.560. The Kier molecular flexibility index (Phi) is 8.88. The lowest BCUT2D eigenvalue weighted by molar-refractivity contribution is -0.896. The van der Waals surface area contributed by atoms with E-state index >= 15 is 0 Å². The SMILES string of the molecule is O=C(C[NH+]1CCCCC1)c1ccc(C2CCCC2)cc1.O=C([O-])/C=C\C(=O)O. The van der Waals surface area contributed by atoms with E-state index < -0.39 is 11.9 Å². The number of hydrogen-bond acceptors (Lipinski definition) is 4. The Morgan fingerprint density at radius 3 is 2.07 bits per heavy atom. The van der Waals surface area contributed by atoms with Gasteiger partial charge in [0, 0.05) is 11.6 Å². The van der Waals surface area contributed by atoms with Crippen molar-refractivity contribution in [1.82, 2.24) is 0 Å². The molecule has 0 aromatic heterocycles. The predicted molar refractivity (Wildman–Crippen MR) is 103 cm³/mol. The summed E-state index contributed by atoms with van der Waals surface area (Å²) in [6.07, 6.45) is 10.2. The van der Waals surface area contributed by atoms with Crippen molar-refractivity contribution in [2.75, 3.05) is 19.6 Å². The molecule has 2 N–H and O–H groups in total. The van der Waals surface area contributed by atoms with Crippen LogP contribution >= 0.6 is 0 Å². The zero-order valence-electron chi connectivity index (χ0n) is 16.2. The fraction of sp³-hybridized carbons (Fsp3) is 0.500. The zero-order valence-corrected chi connectivity index (χ0v) is 16.2. The van der Waals surface area contributed by atoms with Gasteiger partial charge in [0.15, 0.2) is 0 Å². The topological polar surface area (TPSA) is 98.9 Å². The Morgan fingerprint density at radius 1 is 0.964 bits per heavy atom. The third-order valence-corrected chi connectivity index (χ3v) is 5.39. The Hall–Kier alpha value is -2.47. The third kappa shape index (κ3) is 7.64. The molecule has 1 saturated heterocycles. The van der Waals surface area contributed by atoms with Gasteiger partial charge in [-0.15, -0.1) is 0 Å². The summed E-state index contributed by atoms with van der Waals surface area (Å²) < 4.78 is 0. The van der Waals surface area contributed by atoms with Crippen molar-refractivity contribution in [3.05, 3.63) is 47.5 Å². The van der Waals surface area contributed by atoms with Crippen molar-refractivity contribution < 1.29 is 29.5 Å². The molecule has 0 unspecified atom stereocenters. The molecular formula is C22H29NO5. The monoisotopic (exact) mass is 387 g/mol. The highest BCUT2D eigenvalue weighted by atomic mass is 16.4. The molecule has 1 aliphatic carbocycles. The number of ketones is 1. The molecule has 0 radical (unpaired) electrons. The van der Waals surface area contributed by atoms with Gasteiger partial charge in [-0.1, -0.05) is 37.1 Å². The predicted octanol–water partition coefficient (Wildman–Crippen LogP) is 0.973. The van der Waals surface area contributed by atoms with Gasteiger partial charge in [0.25, 0.3) is 0 Å². The summed E-state index contributed by atoms with van der Waals surface area (Å²) in [4.78, 5) is 32.8. The molecule has 3 rings (SSSR count). The molecule has 2 fully saturated rings. The maximum atomic E-state index is 12.3. The van der Waals surface area contributed by atoms with Crippen LogP contribution in [-0.2, 0) is 9.59 Å². The van der Waals surface area contributed by atoms with Crippen molar-refractivity contribution in [2.24, 2.45) is 0 Å². The summed E-state index contributed by atoms with van der Waals surface area (Å²) in [6.45, 7) is 3.03. The highest BCUT2D eigenvalue weighted by Crippen LogP contribution is 2.33. The van der Waals surface area contributed by atoms with Crippen LogP contribution in [0.5, 0.6) is 0 Å². The molecule has 6 heteroatoms. The average Bonchev–Trinajstić information content (AvgIpc) is 3.23. The van der Waals surface area contributed by atoms with Crippen LogP contribution in [0.3, 0.4) is 0 Å². The summed E-state index contributed by atoms with van der Waals surface area (Å²) >= 11 is 0. The van der Waals surface area contributed by atoms with Crippen LogP contribution in [0.1, 0.15) is 66.8 Å². The molecule has 0 amide bonds. The van der Waals surface area contributed by atoms with E-state index in [0.717, 1.165) is 11.5 Å². The minimum Gasteiger partial charge on any atom is -0.545 e. The number of carbonyl (C=O) groups is 3. The highest BCUT2D eigenvalue weighted by molar-refractivity contribution is 5.96. The summed E-state index contributed by atoms with van der Waals surface area (Å²) in [5.41, 5.74) is 2.34. The van der Waals surface area contributed by atoms with E-state index in [2.05, 4.69) is 24.3 Å². The first-order valence-corrected chi connectivity index (χ1v) is 10.0. The van der Waals surface area contributed by atoms with Crippen LogP contribution in [-0.4, -0.2) is 42.5 Å². The van der Waals surface area contributed by atoms with Gasteiger partial charge in [-0.25, -0.2) is 4.79 Å². The van der Waals surface area contributed by atoms with E-state index in [9.17, 15) is 19.5 Å². The molecule has 6 nitrogen and oxygen atoms in total. The first-order valence-electron chi connectivity index (χ1n) is 10.0. The molecule has 28 heavy (non-hydrogen) atoms. The first-order chi connectivity index (χ1) is 13.5. The Balaban J connectivity index is 0.000000300. The fourth-order valence-corrected chi connectivity index (χ4v) is 3.90. The first kappa shape index (κ1) is 21.8. The normalized spacial score (nSPS) is 17.9. The van der Waals surface area contributed by atoms with E-state index in [0.29, 0.717) is 24.5 Å². The van der Waals surface area contributed by atoms with Crippen molar-refractivity contribution in [3.8, 4) is 0 Å². The molecule has 1 saturated carbocycles. The molecule has 1 heterocycles. The summed E-state index contributed by atoms with van der Waals surface area (Å²) in [5.74, 6) is -1.74. The molecule has 152 valence electrons. The van der Waals surface area contributed by atoms with Crippen molar-refractivity contribution in [2.45, 2.75) is 50.9 Å². The number of quaternary nitrogens is 1. The zero-order chi connectivity index (χ0) is 20.4. The number of carbonyl (C=O) groups excluding carboxylic acids is 2. The maximum Gasteiger partial charge on any atom is 0.328 e.